The fraction of sp³-hybridized carbons (Fsp3) is 0.176. The van der Waals surface area contributed by atoms with Gasteiger partial charge in [-0.25, -0.2) is 4.98 Å². The minimum absolute atomic E-state index is 0.250. The van der Waals surface area contributed by atoms with Crippen LogP contribution >= 0.6 is 23.1 Å². The van der Waals surface area contributed by atoms with Gasteiger partial charge in [0.15, 0.2) is 15.8 Å². The van der Waals surface area contributed by atoms with E-state index in [4.69, 9.17) is 9.47 Å². The van der Waals surface area contributed by atoms with Crippen LogP contribution in [-0.2, 0) is 0 Å². The number of nitrogens with one attached hydrogen (secondary N) is 1. The molecule has 0 atom stereocenters. The lowest BCUT2D eigenvalue weighted by Gasteiger charge is -2.12. The third-order valence-electron chi connectivity index (χ3n) is 3.45. The summed E-state index contributed by atoms with van der Waals surface area (Å²) in [7, 11) is 3.06. The van der Waals surface area contributed by atoms with Crippen LogP contribution in [0.5, 0.6) is 11.5 Å². The van der Waals surface area contributed by atoms with Crippen LogP contribution in [0.3, 0.4) is 0 Å². The fourth-order valence-corrected chi connectivity index (χ4v) is 3.86. The van der Waals surface area contributed by atoms with Gasteiger partial charge >= 0.3 is 0 Å². The average Bonchev–Trinajstić information content (AvgIpc) is 3.03. The van der Waals surface area contributed by atoms with Gasteiger partial charge in [0.2, 0.25) is 0 Å². The maximum Gasteiger partial charge on any atom is 0.259 e. The Kier molecular flexibility index (Phi) is 4.92. The summed E-state index contributed by atoms with van der Waals surface area (Å²) >= 11 is 3.21. The first kappa shape index (κ1) is 16.6. The van der Waals surface area contributed by atoms with Crippen molar-refractivity contribution in [2.24, 2.45) is 0 Å². The number of hydrogen-bond donors (Lipinski definition) is 1. The van der Waals surface area contributed by atoms with Crippen molar-refractivity contribution < 1.29 is 14.3 Å². The van der Waals surface area contributed by atoms with E-state index in [2.05, 4.69) is 10.3 Å². The fourth-order valence-electron chi connectivity index (χ4n) is 2.33. The second-order valence-electron chi connectivity index (χ2n) is 4.86. The molecule has 0 spiro atoms. The van der Waals surface area contributed by atoms with Crippen LogP contribution < -0.4 is 14.8 Å². The Hall–Kier alpha value is -2.25. The molecule has 0 fully saturated rings. The van der Waals surface area contributed by atoms with Gasteiger partial charge in [-0.3, -0.25) is 4.79 Å². The summed E-state index contributed by atoms with van der Waals surface area (Å²) in [5.74, 6) is 0.688. The van der Waals surface area contributed by atoms with E-state index in [0.29, 0.717) is 22.7 Å². The van der Waals surface area contributed by atoms with E-state index in [9.17, 15) is 4.79 Å². The molecule has 124 valence electrons. The topological polar surface area (TPSA) is 60.5 Å². The van der Waals surface area contributed by atoms with Crippen LogP contribution in [0.25, 0.3) is 10.2 Å². The zero-order valence-corrected chi connectivity index (χ0v) is 15.1. The van der Waals surface area contributed by atoms with Crippen molar-refractivity contribution in [3.8, 4) is 11.5 Å². The maximum absolute atomic E-state index is 12.6. The summed E-state index contributed by atoms with van der Waals surface area (Å²) in [4.78, 5) is 17.1. The lowest BCUT2D eigenvalue weighted by atomic mass is 10.1. The number of methoxy groups -OCH3 is 2. The van der Waals surface area contributed by atoms with Crippen molar-refractivity contribution in [1.82, 2.24) is 4.98 Å². The summed E-state index contributed by atoms with van der Waals surface area (Å²) in [5.41, 5.74) is 2.07. The van der Waals surface area contributed by atoms with Crippen molar-refractivity contribution in [2.45, 2.75) is 4.34 Å². The number of thiazole rings is 1. The second kappa shape index (κ2) is 7.11. The number of thioether (sulfide) groups is 1. The van der Waals surface area contributed by atoms with Crippen LogP contribution in [0.15, 0.2) is 40.7 Å². The van der Waals surface area contributed by atoms with Gasteiger partial charge in [0.25, 0.3) is 5.91 Å². The molecule has 1 aromatic heterocycles. The number of carbonyl (C=O) groups is 1. The van der Waals surface area contributed by atoms with Crippen molar-refractivity contribution in [2.75, 3.05) is 25.8 Å². The van der Waals surface area contributed by atoms with E-state index in [-0.39, 0.29) is 5.91 Å². The van der Waals surface area contributed by atoms with Crippen molar-refractivity contribution in [3.63, 3.8) is 0 Å². The molecule has 1 amide bonds. The van der Waals surface area contributed by atoms with Gasteiger partial charge in [-0.05, 0) is 36.6 Å². The highest BCUT2D eigenvalue weighted by atomic mass is 32.2. The molecular weight excluding hydrogens is 344 g/mol. The SMILES string of the molecule is COc1cccc(C(=O)Nc2ccc3nc(SC)sc3c2)c1OC. The highest BCUT2D eigenvalue weighted by molar-refractivity contribution is 8.00. The summed E-state index contributed by atoms with van der Waals surface area (Å²) in [5, 5.41) is 2.90. The van der Waals surface area contributed by atoms with Crippen molar-refractivity contribution in [3.05, 3.63) is 42.0 Å². The molecule has 3 aromatic rings. The van der Waals surface area contributed by atoms with E-state index in [0.717, 1.165) is 14.6 Å². The standard InChI is InChI=1S/C17H16N2O3S2/c1-21-13-6-4-5-11(15(13)22-2)16(20)18-10-7-8-12-14(9-10)24-17(19-12)23-3/h4-9H,1-3H3,(H,18,20). The molecule has 1 N–H and O–H groups in total. The quantitative estimate of drug-likeness (QED) is 0.688. The number of nitrogens with zero attached hydrogens (tertiary/aromatic N) is 1. The highest BCUT2D eigenvalue weighted by Gasteiger charge is 2.16. The average molecular weight is 360 g/mol. The molecule has 3 rings (SSSR count). The summed E-state index contributed by atoms with van der Waals surface area (Å²) in [6.07, 6.45) is 2.00. The molecule has 0 saturated heterocycles. The predicted molar refractivity (Wildman–Crippen MR) is 98.9 cm³/mol. The Balaban J connectivity index is 1.89. The van der Waals surface area contributed by atoms with Gasteiger partial charge < -0.3 is 14.8 Å². The first-order valence-corrected chi connectivity index (χ1v) is 9.17. The molecule has 24 heavy (non-hydrogen) atoms. The molecular formula is C17H16N2O3S2. The number of anilines is 1. The molecule has 1 heterocycles. The summed E-state index contributed by atoms with van der Waals surface area (Å²) in [6, 6.07) is 10.9. The minimum Gasteiger partial charge on any atom is -0.493 e. The number of carbonyl (C=O) groups excluding carboxylic acids is 1. The maximum atomic E-state index is 12.6. The molecule has 2 aromatic carbocycles. The van der Waals surface area contributed by atoms with Gasteiger partial charge in [0.1, 0.15) is 0 Å². The second-order valence-corrected chi connectivity index (χ2v) is 6.95. The number of ether oxygens (including phenoxy) is 2. The molecule has 0 radical (unpaired) electrons. The Morgan fingerprint density at radius 2 is 2.04 bits per heavy atom. The van der Waals surface area contributed by atoms with Crippen LogP contribution in [0.2, 0.25) is 0 Å². The van der Waals surface area contributed by atoms with Gasteiger partial charge in [-0.1, -0.05) is 17.8 Å². The summed E-state index contributed by atoms with van der Waals surface area (Å²) in [6.45, 7) is 0. The Morgan fingerprint density at radius 3 is 2.75 bits per heavy atom. The Bertz CT molecular complexity index is 893. The number of benzene rings is 2. The molecule has 0 aliphatic carbocycles. The Morgan fingerprint density at radius 1 is 1.21 bits per heavy atom. The molecule has 7 heteroatoms. The zero-order chi connectivity index (χ0) is 17.1. The molecule has 0 unspecified atom stereocenters. The van der Waals surface area contributed by atoms with Gasteiger partial charge in [0.05, 0.1) is 30.0 Å². The number of para-hydroxylation sites is 1. The number of rotatable bonds is 5. The van der Waals surface area contributed by atoms with E-state index in [1.165, 1.54) is 7.11 Å². The van der Waals surface area contributed by atoms with E-state index < -0.39 is 0 Å². The monoisotopic (exact) mass is 360 g/mol. The minimum atomic E-state index is -0.250. The van der Waals surface area contributed by atoms with Gasteiger partial charge in [-0.15, -0.1) is 11.3 Å². The first-order valence-electron chi connectivity index (χ1n) is 7.13. The van der Waals surface area contributed by atoms with Gasteiger partial charge in [-0.2, -0.15) is 0 Å². The Labute approximate surface area is 148 Å². The van der Waals surface area contributed by atoms with Crippen LogP contribution in [0, 0.1) is 0 Å². The molecule has 0 bridgehead atoms. The molecule has 5 nitrogen and oxygen atoms in total. The third-order valence-corrected chi connectivity index (χ3v) is 5.45. The number of amides is 1. The smallest absolute Gasteiger partial charge is 0.259 e. The summed E-state index contributed by atoms with van der Waals surface area (Å²) < 4.78 is 12.6. The number of hydrogen-bond acceptors (Lipinski definition) is 6. The highest BCUT2D eigenvalue weighted by Crippen LogP contribution is 2.32. The predicted octanol–water partition coefficient (Wildman–Crippen LogP) is 4.29. The van der Waals surface area contributed by atoms with Crippen LogP contribution in [0.4, 0.5) is 5.69 Å². The van der Waals surface area contributed by atoms with E-state index in [1.54, 1.807) is 48.4 Å². The molecule has 0 saturated carbocycles. The van der Waals surface area contributed by atoms with Crippen molar-refractivity contribution in [1.29, 1.82) is 0 Å². The van der Waals surface area contributed by atoms with E-state index >= 15 is 0 Å². The lowest BCUT2D eigenvalue weighted by molar-refractivity contribution is 0.102. The normalized spacial score (nSPS) is 10.6. The van der Waals surface area contributed by atoms with Gasteiger partial charge in [0, 0.05) is 5.69 Å². The largest absolute Gasteiger partial charge is 0.493 e. The van der Waals surface area contributed by atoms with Crippen LogP contribution in [-0.4, -0.2) is 31.4 Å². The first-order chi connectivity index (χ1) is 11.7. The molecule has 0 aliphatic rings. The lowest BCUT2D eigenvalue weighted by Crippen LogP contribution is -2.13. The third kappa shape index (κ3) is 3.18. The molecule has 0 aliphatic heterocycles. The zero-order valence-electron chi connectivity index (χ0n) is 13.5. The van der Waals surface area contributed by atoms with Crippen molar-refractivity contribution >= 4 is 44.9 Å². The number of fused-ring (bicyclic) bond motifs is 1. The van der Waals surface area contributed by atoms with E-state index in [1.807, 2.05) is 24.5 Å². The number of aromatic nitrogens is 1. The van der Waals surface area contributed by atoms with Crippen LogP contribution in [0.1, 0.15) is 10.4 Å².